The zero-order valence-corrected chi connectivity index (χ0v) is 20.8. The lowest BCUT2D eigenvalue weighted by Crippen LogP contribution is -2.31. The number of amides is 2. The molecule has 6 heteroatoms. The number of carbonyl (C=O) groups is 3. The summed E-state index contributed by atoms with van der Waals surface area (Å²) in [5.74, 6) is 3.04. The Morgan fingerprint density at radius 1 is 1.00 bits per heavy atom. The van der Waals surface area contributed by atoms with Gasteiger partial charge in [-0.15, -0.1) is 0 Å². The van der Waals surface area contributed by atoms with Crippen LogP contribution < -0.4 is 10.6 Å². The van der Waals surface area contributed by atoms with Crippen LogP contribution in [0.1, 0.15) is 52.4 Å². The number of aliphatic hydroxyl groups excluding tert-OH is 1. The molecule has 6 nitrogen and oxygen atoms in total. The predicted molar refractivity (Wildman–Crippen MR) is 134 cm³/mol. The summed E-state index contributed by atoms with van der Waals surface area (Å²) < 4.78 is 0. The Hall–Kier alpha value is -2.63. The number of hydrogen-bond donors (Lipinski definition) is 3. The fourth-order valence-electron chi connectivity index (χ4n) is 7.81. The summed E-state index contributed by atoms with van der Waals surface area (Å²) in [6.45, 7) is 5.15. The number of carbonyl (C=O) groups excluding carboxylic acids is 3. The van der Waals surface area contributed by atoms with Crippen LogP contribution in [-0.4, -0.2) is 35.3 Å². The van der Waals surface area contributed by atoms with E-state index in [2.05, 4.69) is 42.7 Å². The first-order valence-corrected chi connectivity index (χ1v) is 13.5. The molecule has 3 aliphatic carbocycles. The van der Waals surface area contributed by atoms with Gasteiger partial charge in [0.2, 0.25) is 5.91 Å². The lowest BCUT2D eigenvalue weighted by atomic mass is 9.70. The molecule has 0 radical (unpaired) electrons. The van der Waals surface area contributed by atoms with E-state index in [4.69, 9.17) is 0 Å². The predicted octanol–water partition coefficient (Wildman–Crippen LogP) is 4.02. The van der Waals surface area contributed by atoms with E-state index < -0.39 is 11.9 Å². The molecule has 0 spiro atoms. The molecular weight excluding hydrogens is 440 g/mol. The smallest absolute Gasteiger partial charge is 0.259 e. The summed E-state index contributed by atoms with van der Waals surface area (Å²) in [6.07, 6.45) is 17.5. The summed E-state index contributed by atoms with van der Waals surface area (Å²) in [5.41, 5.74) is -0.139. The third kappa shape index (κ3) is 4.41. The zero-order chi connectivity index (χ0) is 24.7. The van der Waals surface area contributed by atoms with Crippen LogP contribution in [0, 0.1) is 47.3 Å². The van der Waals surface area contributed by atoms with Gasteiger partial charge in [-0.25, -0.2) is 0 Å². The van der Waals surface area contributed by atoms with Crippen molar-refractivity contribution in [3.63, 3.8) is 0 Å². The maximum Gasteiger partial charge on any atom is 0.259 e. The SMILES string of the molecule is CC[C@H]1[C@@H]2C=C[C@@H]3[C@H]4/C=C\CC(=O)NCCC[C@@H]5NC(=O)/C(=C(O)/C=C\[C@@H]4C[C@@H]3[C@H]2C[C@H]1C)C5=O. The summed E-state index contributed by atoms with van der Waals surface area (Å²) in [5, 5.41) is 16.3. The molecule has 3 N–H and O–H groups in total. The molecule has 2 bridgehead atoms. The minimum Gasteiger partial charge on any atom is -0.507 e. The Balaban J connectivity index is 1.46. The number of ketones is 1. The molecule has 5 aliphatic rings. The van der Waals surface area contributed by atoms with Gasteiger partial charge < -0.3 is 15.7 Å². The number of Topliss-reactive ketones (excluding diaryl/α,β-unsaturated/α-hetero) is 1. The van der Waals surface area contributed by atoms with Gasteiger partial charge in [0, 0.05) is 13.0 Å². The first-order valence-electron chi connectivity index (χ1n) is 13.5. The highest BCUT2D eigenvalue weighted by Crippen LogP contribution is 2.58. The van der Waals surface area contributed by atoms with Crippen LogP contribution in [0.2, 0.25) is 0 Å². The van der Waals surface area contributed by atoms with Crippen LogP contribution in [-0.2, 0) is 14.4 Å². The van der Waals surface area contributed by atoms with Crippen LogP contribution in [0.5, 0.6) is 0 Å². The van der Waals surface area contributed by atoms with E-state index in [0.717, 1.165) is 18.3 Å². The molecule has 2 heterocycles. The minimum absolute atomic E-state index is 0.0235. The molecule has 1 saturated heterocycles. The van der Waals surface area contributed by atoms with Gasteiger partial charge in [0.25, 0.3) is 5.91 Å². The number of nitrogens with one attached hydrogen (secondary N) is 2. The number of hydrogen-bond acceptors (Lipinski definition) is 4. The average Bonchev–Trinajstić information content (AvgIpc) is 3.44. The molecule has 35 heavy (non-hydrogen) atoms. The van der Waals surface area contributed by atoms with Gasteiger partial charge in [-0.2, -0.15) is 0 Å². The number of allylic oxidation sites excluding steroid dienone is 5. The average molecular weight is 479 g/mol. The van der Waals surface area contributed by atoms with Crippen LogP contribution >= 0.6 is 0 Å². The molecule has 0 aromatic rings. The van der Waals surface area contributed by atoms with E-state index in [1.54, 1.807) is 6.08 Å². The highest BCUT2D eigenvalue weighted by atomic mass is 16.3. The largest absolute Gasteiger partial charge is 0.507 e. The molecule has 2 saturated carbocycles. The van der Waals surface area contributed by atoms with E-state index in [1.165, 1.54) is 12.8 Å². The molecule has 188 valence electrons. The van der Waals surface area contributed by atoms with Gasteiger partial charge in [0.05, 0.1) is 6.04 Å². The summed E-state index contributed by atoms with van der Waals surface area (Å²) in [7, 11) is 0. The fourth-order valence-corrected chi connectivity index (χ4v) is 7.81. The number of fused-ring (bicyclic) bond motifs is 7. The number of aliphatic hydroxyl groups is 1. The number of rotatable bonds is 1. The molecular formula is C29H38N2O4. The van der Waals surface area contributed by atoms with Crippen molar-refractivity contribution in [2.45, 2.75) is 58.4 Å². The maximum absolute atomic E-state index is 12.8. The topological polar surface area (TPSA) is 95.5 Å². The molecule has 5 rings (SSSR count). The Bertz CT molecular complexity index is 1010. The minimum atomic E-state index is -0.641. The summed E-state index contributed by atoms with van der Waals surface area (Å²) in [4.78, 5) is 37.6. The van der Waals surface area contributed by atoms with Crippen molar-refractivity contribution in [1.82, 2.24) is 10.6 Å². The fraction of sp³-hybridized carbons (Fsp3) is 0.621. The van der Waals surface area contributed by atoms with Crippen molar-refractivity contribution in [3.05, 3.63) is 47.8 Å². The molecule has 0 unspecified atom stereocenters. The second-order valence-corrected chi connectivity index (χ2v) is 11.3. The van der Waals surface area contributed by atoms with Crippen LogP contribution in [0.15, 0.2) is 47.8 Å². The molecule has 2 aliphatic heterocycles. The monoisotopic (exact) mass is 478 g/mol. The second kappa shape index (κ2) is 9.79. The standard InChI is InChI=1S/C29H38N2O4/c1-3-18-16(2)14-22-20(18)10-11-21-19-6-4-8-26(33)30-13-5-7-24-28(34)27(29(35)31-24)25(32)12-9-17(19)15-23(21)22/h4,6,9-12,16-24,32H,3,5,7-8,13-15H2,1-2H3,(H,30,33)(H,31,35)/b6-4-,12-9-,27-25-/t16-,17-,18-,19+,20+,21-,22+,23+,24+/m1/s1. The Morgan fingerprint density at radius 2 is 1.77 bits per heavy atom. The third-order valence-electron chi connectivity index (χ3n) is 9.42. The summed E-state index contributed by atoms with van der Waals surface area (Å²) >= 11 is 0. The van der Waals surface area contributed by atoms with Gasteiger partial charge in [-0.3, -0.25) is 14.4 Å². The Morgan fingerprint density at radius 3 is 2.57 bits per heavy atom. The lowest BCUT2D eigenvalue weighted by Gasteiger charge is -2.35. The molecule has 3 fully saturated rings. The van der Waals surface area contributed by atoms with Crippen LogP contribution in [0.3, 0.4) is 0 Å². The molecule has 0 aromatic heterocycles. The van der Waals surface area contributed by atoms with Crippen molar-refractivity contribution in [2.75, 3.05) is 6.54 Å². The maximum atomic E-state index is 12.8. The van der Waals surface area contributed by atoms with Crippen molar-refractivity contribution >= 4 is 17.6 Å². The van der Waals surface area contributed by atoms with Gasteiger partial charge >= 0.3 is 0 Å². The molecule has 0 aromatic carbocycles. The van der Waals surface area contributed by atoms with Crippen molar-refractivity contribution in [1.29, 1.82) is 0 Å². The summed E-state index contributed by atoms with van der Waals surface area (Å²) in [6, 6.07) is -0.641. The van der Waals surface area contributed by atoms with E-state index >= 15 is 0 Å². The highest BCUT2D eigenvalue weighted by Gasteiger charge is 2.51. The zero-order valence-electron chi connectivity index (χ0n) is 20.8. The van der Waals surface area contributed by atoms with Crippen LogP contribution in [0.25, 0.3) is 0 Å². The van der Waals surface area contributed by atoms with Gasteiger partial charge in [0.1, 0.15) is 11.3 Å². The highest BCUT2D eigenvalue weighted by molar-refractivity contribution is 6.27. The van der Waals surface area contributed by atoms with Gasteiger partial charge in [-0.05, 0) is 79.1 Å². The first-order chi connectivity index (χ1) is 16.9. The van der Waals surface area contributed by atoms with E-state index in [-0.39, 0.29) is 34.9 Å². The van der Waals surface area contributed by atoms with Crippen molar-refractivity contribution in [3.8, 4) is 0 Å². The van der Waals surface area contributed by atoms with Crippen molar-refractivity contribution in [2.24, 2.45) is 47.3 Å². The third-order valence-corrected chi connectivity index (χ3v) is 9.42. The van der Waals surface area contributed by atoms with Gasteiger partial charge in [-0.1, -0.05) is 50.6 Å². The Labute approximate surface area is 208 Å². The van der Waals surface area contributed by atoms with Crippen molar-refractivity contribution < 1.29 is 19.5 Å². The van der Waals surface area contributed by atoms with E-state index in [9.17, 15) is 19.5 Å². The first kappa shape index (κ1) is 24.1. The van der Waals surface area contributed by atoms with Gasteiger partial charge in [0.15, 0.2) is 5.78 Å². The quantitative estimate of drug-likeness (QED) is 0.392. The van der Waals surface area contributed by atoms with E-state index in [0.29, 0.717) is 49.5 Å². The van der Waals surface area contributed by atoms with Crippen LogP contribution in [0.4, 0.5) is 0 Å². The second-order valence-electron chi connectivity index (χ2n) is 11.3. The Kier molecular flexibility index (Phi) is 6.73. The normalized spacial score (nSPS) is 45.3. The molecule has 9 atom stereocenters. The lowest BCUT2D eigenvalue weighted by molar-refractivity contribution is -0.120. The van der Waals surface area contributed by atoms with E-state index in [1.807, 2.05) is 12.2 Å². The molecule has 2 amide bonds.